The van der Waals surface area contributed by atoms with Crippen LogP contribution in [0.5, 0.6) is 0 Å². The molecule has 2 rings (SSSR count). The summed E-state index contributed by atoms with van der Waals surface area (Å²) in [5, 5.41) is 0. The number of carbonyl (C=O) groups excluding carboxylic acids is 1. The lowest BCUT2D eigenvalue weighted by atomic mass is 10.1. The van der Waals surface area contributed by atoms with E-state index in [-0.39, 0.29) is 5.91 Å². The number of aryl methyl sites for hydroxylation is 1. The maximum absolute atomic E-state index is 12.4. The lowest BCUT2D eigenvalue weighted by Gasteiger charge is -2.31. The molecule has 0 spiro atoms. The number of ether oxygens (including phenoxy) is 1. The van der Waals surface area contributed by atoms with Crippen molar-refractivity contribution in [1.82, 2.24) is 4.90 Å². The molecule has 0 radical (unpaired) electrons. The summed E-state index contributed by atoms with van der Waals surface area (Å²) in [7, 11) is 1.74. The van der Waals surface area contributed by atoms with Crippen LogP contribution in [0.2, 0.25) is 0 Å². The van der Waals surface area contributed by atoms with Crippen molar-refractivity contribution in [2.24, 2.45) is 0 Å². The van der Waals surface area contributed by atoms with E-state index < -0.39 is 0 Å². The minimum atomic E-state index is 0.119. The third-order valence-electron chi connectivity index (χ3n) is 3.35. The van der Waals surface area contributed by atoms with Gasteiger partial charge in [-0.25, -0.2) is 0 Å². The SMILES string of the molecule is COC1CCN(C(=O)c2cc(C)cc(Br)c2)CC1. The monoisotopic (exact) mass is 311 g/mol. The third-order valence-corrected chi connectivity index (χ3v) is 3.81. The molecule has 1 saturated heterocycles. The quantitative estimate of drug-likeness (QED) is 0.840. The van der Waals surface area contributed by atoms with Gasteiger partial charge in [-0.1, -0.05) is 15.9 Å². The molecule has 3 nitrogen and oxygen atoms in total. The molecule has 4 heteroatoms. The summed E-state index contributed by atoms with van der Waals surface area (Å²) in [5.41, 5.74) is 1.86. The molecule has 98 valence electrons. The Morgan fingerprint density at radius 3 is 2.56 bits per heavy atom. The van der Waals surface area contributed by atoms with Crippen LogP contribution in [-0.2, 0) is 4.74 Å². The van der Waals surface area contributed by atoms with Gasteiger partial charge in [0.1, 0.15) is 0 Å². The normalized spacial score (nSPS) is 16.9. The molecule has 1 amide bonds. The van der Waals surface area contributed by atoms with E-state index in [1.54, 1.807) is 7.11 Å². The predicted molar refractivity (Wildman–Crippen MR) is 74.8 cm³/mol. The van der Waals surface area contributed by atoms with Crippen LogP contribution in [-0.4, -0.2) is 37.1 Å². The summed E-state index contributed by atoms with van der Waals surface area (Å²) in [4.78, 5) is 14.3. The first-order chi connectivity index (χ1) is 8.60. The fraction of sp³-hybridized carbons (Fsp3) is 0.500. The topological polar surface area (TPSA) is 29.5 Å². The highest BCUT2D eigenvalue weighted by molar-refractivity contribution is 9.10. The number of piperidine rings is 1. The van der Waals surface area contributed by atoms with Crippen molar-refractivity contribution in [3.05, 3.63) is 33.8 Å². The number of carbonyl (C=O) groups is 1. The second-order valence-corrected chi connectivity index (χ2v) is 5.66. The van der Waals surface area contributed by atoms with Gasteiger partial charge >= 0.3 is 0 Å². The van der Waals surface area contributed by atoms with E-state index in [2.05, 4.69) is 15.9 Å². The zero-order valence-electron chi connectivity index (χ0n) is 10.8. The van der Waals surface area contributed by atoms with Crippen molar-refractivity contribution in [3.63, 3.8) is 0 Å². The number of hydrogen-bond acceptors (Lipinski definition) is 2. The van der Waals surface area contributed by atoms with Gasteiger partial charge in [0.2, 0.25) is 0 Å². The highest BCUT2D eigenvalue weighted by Gasteiger charge is 2.23. The zero-order chi connectivity index (χ0) is 13.1. The number of rotatable bonds is 2. The summed E-state index contributed by atoms with van der Waals surface area (Å²) in [6, 6.07) is 5.83. The fourth-order valence-corrected chi connectivity index (χ4v) is 2.94. The third kappa shape index (κ3) is 3.12. The summed E-state index contributed by atoms with van der Waals surface area (Å²) < 4.78 is 6.27. The van der Waals surface area contributed by atoms with Gasteiger partial charge in [0.25, 0.3) is 5.91 Å². The average Bonchev–Trinajstić information content (AvgIpc) is 2.37. The number of benzene rings is 1. The molecule has 1 aromatic rings. The molecular formula is C14H18BrNO2. The Kier molecular flexibility index (Phi) is 4.40. The Balaban J connectivity index is 2.07. The molecule has 0 aromatic heterocycles. The van der Waals surface area contributed by atoms with Crippen molar-refractivity contribution < 1.29 is 9.53 Å². The van der Waals surface area contributed by atoms with Gasteiger partial charge in [-0.05, 0) is 43.5 Å². The van der Waals surface area contributed by atoms with Crippen LogP contribution in [0, 0.1) is 6.92 Å². The van der Waals surface area contributed by atoms with E-state index in [1.165, 1.54) is 0 Å². The van der Waals surface area contributed by atoms with E-state index >= 15 is 0 Å². The zero-order valence-corrected chi connectivity index (χ0v) is 12.4. The summed E-state index contributed by atoms with van der Waals surface area (Å²) in [6.45, 7) is 3.56. The molecular weight excluding hydrogens is 294 g/mol. The molecule has 0 atom stereocenters. The smallest absolute Gasteiger partial charge is 0.253 e. The number of methoxy groups -OCH3 is 1. The standard InChI is InChI=1S/C14H18BrNO2/c1-10-7-11(9-12(15)8-10)14(17)16-5-3-13(18-2)4-6-16/h7-9,13H,3-6H2,1-2H3. The van der Waals surface area contributed by atoms with Crippen molar-refractivity contribution in [3.8, 4) is 0 Å². The highest BCUT2D eigenvalue weighted by atomic mass is 79.9. The molecule has 1 heterocycles. The van der Waals surface area contributed by atoms with Gasteiger partial charge in [-0.2, -0.15) is 0 Å². The molecule has 1 aromatic carbocycles. The van der Waals surface area contributed by atoms with Crippen LogP contribution in [0.25, 0.3) is 0 Å². The largest absolute Gasteiger partial charge is 0.381 e. The summed E-state index contributed by atoms with van der Waals surface area (Å²) in [6.07, 6.45) is 2.16. The Morgan fingerprint density at radius 1 is 1.33 bits per heavy atom. The van der Waals surface area contributed by atoms with E-state index in [0.717, 1.165) is 41.5 Å². The van der Waals surface area contributed by atoms with Gasteiger partial charge in [0.05, 0.1) is 6.10 Å². The van der Waals surface area contributed by atoms with Gasteiger partial charge in [0.15, 0.2) is 0 Å². The van der Waals surface area contributed by atoms with Crippen molar-refractivity contribution in [2.75, 3.05) is 20.2 Å². The molecule has 18 heavy (non-hydrogen) atoms. The number of likely N-dealkylation sites (tertiary alicyclic amines) is 1. The molecule has 0 unspecified atom stereocenters. The first kappa shape index (κ1) is 13.6. The minimum Gasteiger partial charge on any atom is -0.381 e. The lowest BCUT2D eigenvalue weighted by Crippen LogP contribution is -2.40. The molecule has 1 fully saturated rings. The number of hydrogen-bond donors (Lipinski definition) is 0. The number of halogens is 1. The lowest BCUT2D eigenvalue weighted by molar-refractivity contribution is 0.0350. The molecule has 0 bridgehead atoms. The van der Waals surface area contributed by atoms with Gasteiger partial charge in [0, 0.05) is 30.2 Å². The summed E-state index contributed by atoms with van der Waals surface area (Å²) >= 11 is 3.44. The Bertz CT molecular complexity index is 419. The van der Waals surface area contributed by atoms with E-state index in [4.69, 9.17) is 4.74 Å². The molecule has 1 aliphatic rings. The van der Waals surface area contributed by atoms with Crippen LogP contribution in [0.4, 0.5) is 0 Å². The van der Waals surface area contributed by atoms with Crippen LogP contribution in [0.15, 0.2) is 22.7 Å². The van der Waals surface area contributed by atoms with Crippen LogP contribution < -0.4 is 0 Å². The van der Waals surface area contributed by atoms with Crippen molar-refractivity contribution >= 4 is 21.8 Å². The van der Waals surface area contributed by atoms with Crippen LogP contribution in [0.1, 0.15) is 28.8 Å². The average molecular weight is 312 g/mol. The molecule has 1 aliphatic heterocycles. The predicted octanol–water partition coefficient (Wildman–Crippen LogP) is 3.01. The van der Waals surface area contributed by atoms with Crippen molar-refractivity contribution in [2.45, 2.75) is 25.9 Å². The Hall–Kier alpha value is -0.870. The Labute approximate surface area is 116 Å². The molecule has 0 N–H and O–H groups in total. The second kappa shape index (κ2) is 5.85. The fourth-order valence-electron chi connectivity index (χ4n) is 2.34. The Morgan fingerprint density at radius 2 is 2.00 bits per heavy atom. The van der Waals surface area contributed by atoms with Crippen molar-refractivity contribution in [1.29, 1.82) is 0 Å². The number of amides is 1. The van der Waals surface area contributed by atoms with Gasteiger partial charge < -0.3 is 9.64 Å². The first-order valence-electron chi connectivity index (χ1n) is 6.19. The molecule has 0 saturated carbocycles. The maximum Gasteiger partial charge on any atom is 0.253 e. The van der Waals surface area contributed by atoms with E-state index in [9.17, 15) is 4.79 Å². The minimum absolute atomic E-state index is 0.119. The maximum atomic E-state index is 12.4. The number of nitrogens with zero attached hydrogens (tertiary/aromatic N) is 1. The molecule has 0 aliphatic carbocycles. The van der Waals surface area contributed by atoms with Crippen LogP contribution in [0.3, 0.4) is 0 Å². The summed E-state index contributed by atoms with van der Waals surface area (Å²) in [5.74, 6) is 0.119. The highest BCUT2D eigenvalue weighted by Crippen LogP contribution is 2.19. The van der Waals surface area contributed by atoms with Crippen LogP contribution >= 0.6 is 15.9 Å². The van der Waals surface area contributed by atoms with E-state index in [0.29, 0.717) is 6.10 Å². The van der Waals surface area contributed by atoms with E-state index in [1.807, 2.05) is 30.0 Å². The van der Waals surface area contributed by atoms with Gasteiger partial charge in [-0.3, -0.25) is 4.79 Å². The first-order valence-corrected chi connectivity index (χ1v) is 6.98. The second-order valence-electron chi connectivity index (χ2n) is 4.74. The van der Waals surface area contributed by atoms with Gasteiger partial charge in [-0.15, -0.1) is 0 Å².